The molecule has 0 aliphatic heterocycles. The number of methoxy groups -OCH3 is 1. The SMILES string of the molecule is [2H]C(C(C)C)N([C@@H](CCCCNC(=O)[C@@H](NC(=O)OC([2H])([2H])[2H])C(c1ccccc1)c1ccccc1)COP(=O)([O-])[O-])S(=O)(=O)c1ccc(N)cc1.[Ca+2]. The molecule has 0 spiro atoms. The number of nitrogens with two attached hydrogens (primary N) is 1. The molecule has 3 aromatic carbocycles. The van der Waals surface area contributed by atoms with Gasteiger partial charge < -0.3 is 40.0 Å². The number of ether oxygens (including phenoxy) is 1. The quantitative estimate of drug-likeness (QED) is 0.0752. The number of nitrogens with one attached hydrogen (secondary N) is 2. The fourth-order valence-electron chi connectivity index (χ4n) is 5.10. The first kappa shape index (κ1) is 36.3. The van der Waals surface area contributed by atoms with E-state index in [0.717, 1.165) is 4.31 Å². The van der Waals surface area contributed by atoms with E-state index in [-0.39, 0.29) is 68.4 Å². The second kappa shape index (κ2) is 20.4. The minimum Gasteiger partial charge on any atom is -0.790 e. The van der Waals surface area contributed by atoms with Gasteiger partial charge in [0.1, 0.15) is 6.04 Å². The van der Waals surface area contributed by atoms with Gasteiger partial charge in [0.25, 0.3) is 0 Å². The summed E-state index contributed by atoms with van der Waals surface area (Å²) >= 11 is 0. The van der Waals surface area contributed by atoms with E-state index >= 15 is 0 Å². The number of alkyl carbamates (subject to hydrolysis) is 1. The Hall–Kier alpha value is -2.52. The molecule has 0 saturated heterocycles. The Morgan fingerprint density at radius 2 is 1.55 bits per heavy atom. The molecule has 1 unspecified atom stereocenters. The predicted molar refractivity (Wildman–Crippen MR) is 184 cm³/mol. The second-order valence-electron chi connectivity index (χ2n) is 11.3. The summed E-state index contributed by atoms with van der Waals surface area (Å²) in [7, 11) is -13.0. The first-order valence-electron chi connectivity index (χ1n) is 17.2. The van der Waals surface area contributed by atoms with Crippen LogP contribution in [0.3, 0.4) is 0 Å². The number of hydrogen-bond acceptors (Lipinski definition) is 10. The van der Waals surface area contributed by atoms with Crippen LogP contribution in [0, 0.1) is 5.92 Å². The Labute approximate surface area is 323 Å². The molecule has 0 radical (unpaired) electrons. The van der Waals surface area contributed by atoms with Gasteiger partial charge in [-0.25, -0.2) is 13.2 Å². The van der Waals surface area contributed by atoms with Crippen molar-refractivity contribution < 1.29 is 47.1 Å². The number of carbonyl (C=O) groups excluding carboxylic acids is 2. The van der Waals surface area contributed by atoms with Crippen molar-refractivity contribution in [2.45, 2.75) is 56.0 Å². The number of hydrogen-bond donors (Lipinski definition) is 3. The van der Waals surface area contributed by atoms with E-state index in [2.05, 4.69) is 19.9 Å². The molecule has 16 heteroatoms. The van der Waals surface area contributed by atoms with E-state index in [9.17, 15) is 32.4 Å². The van der Waals surface area contributed by atoms with Gasteiger partial charge >= 0.3 is 43.8 Å². The number of amides is 2. The van der Waals surface area contributed by atoms with Gasteiger partial charge in [-0.3, -0.25) is 4.79 Å². The van der Waals surface area contributed by atoms with Crippen LogP contribution in [-0.2, 0) is 28.6 Å². The number of unbranched alkanes of at least 4 members (excludes halogenated alkanes) is 1. The molecular formula is C33H43CaN4O9PS. The molecule has 0 bridgehead atoms. The van der Waals surface area contributed by atoms with Gasteiger partial charge in [-0.2, -0.15) is 4.31 Å². The molecule has 49 heavy (non-hydrogen) atoms. The van der Waals surface area contributed by atoms with E-state index < -0.39 is 73.9 Å². The van der Waals surface area contributed by atoms with Crippen LogP contribution in [0.25, 0.3) is 0 Å². The van der Waals surface area contributed by atoms with Gasteiger partial charge in [0.05, 0.1) is 30.5 Å². The Balaban J connectivity index is 0.00000972. The van der Waals surface area contributed by atoms with Crippen molar-refractivity contribution in [1.29, 1.82) is 0 Å². The first-order valence-corrected chi connectivity index (χ1v) is 18.1. The summed E-state index contributed by atoms with van der Waals surface area (Å²) in [4.78, 5) is 49.1. The largest absolute Gasteiger partial charge is 2.00 e. The van der Waals surface area contributed by atoms with Gasteiger partial charge in [0.15, 0.2) is 0 Å². The van der Waals surface area contributed by atoms with Crippen LogP contribution in [0.5, 0.6) is 0 Å². The van der Waals surface area contributed by atoms with Crippen LogP contribution in [0.2, 0.25) is 0 Å². The van der Waals surface area contributed by atoms with Crippen LogP contribution in [-0.4, -0.2) is 101 Å². The van der Waals surface area contributed by atoms with E-state index in [0.29, 0.717) is 16.8 Å². The topological polar surface area (TPSA) is 203 Å². The summed E-state index contributed by atoms with van der Waals surface area (Å²) < 4.78 is 79.6. The Kier molecular flexibility index (Phi) is 15.1. The number of carbonyl (C=O) groups is 2. The van der Waals surface area contributed by atoms with Crippen molar-refractivity contribution in [3.05, 3.63) is 96.1 Å². The number of sulfonamides is 1. The van der Waals surface area contributed by atoms with Crippen molar-refractivity contribution >= 4 is 73.3 Å². The molecule has 0 saturated carbocycles. The molecule has 0 heterocycles. The summed E-state index contributed by atoms with van der Waals surface area (Å²) in [6, 6.07) is 20.1. The number of rotatable bonds is 18. The summed E-state index contributed by atoms with van der Waals surface area (Å²) in [5.41, 5.74) is 7.29. The van der Waals surface area contributed by atoms with Gasteiger partial charge in [-0.05, 0) is 54.2 Å². The second-order valence-corrected chi connectivity index (χ2v) is 14.3. The summed E-state index contributed by atoms with van der Waals surface area (Å²) in [6.45, 7) is 0.956. The maximum absolute atomic E-state index is 13.8. The van der Waals surface area contributed by atoms with E-state index in [1.54, 1.807) is 74.5 Å². The normalized spacial score (nSPS) is 15.2. The van der Waals surface area contributed by atoms with Crippen molar-refractivity contribution in [1.82, 2.24) is 14.9 Å². The molecule has 3 rings (SSSR count). The third kappa shape index (κ3) is 13.6. The van der Waals surface area contributed by atoms with Crippen molar-refractivity contribution in [2.75, 3.05) is 32.4 Å². The van der Waals surface area contributed by atoms with Crippen LogP contribution < -0.4 is 26.2 Å². The number of nitrogens with zero attached hydrogens (tertiary/aromatic N) is 1. The maximum atomic E-state index is 13.8. The fraction of sp³-hybridized carbons (Fsp3) is 0.394. The summed E-state index contributed by atoms with van der Waals surface area (Å²) in [6.07, 6.45) is -1.06. The molecule has 3 atom stereocenters. The van der Waals surface area contributed by atoms with Crippen molar-refractivity contribution in [2.24, 2.45) is 5.92 Å². The predicted octanol–water partition coefficient (Wildman–Crippen LogP) is 2.59. The molecule has 0 fully saturated rings. The summed E-state index contributed by atoms with van der Waals surface area (Å²) in [5.74, 6) is -2.02. The maximum Gasteiger partial charge on any atom is 2.00 e. The van der Waals surface area contributed by atoms with Crippen molar-refractivity contribution in [3.63, 3.8) is 0 Å². The first-order chi connectivity index (χ1) is 24.3. The average molecular weight is 747 g/mol. The molecule has 2 amide bonds. The fourth-order valence-corrected chi connectivity index (χ4v) is 7.14. The molecule has 0 aliphatic carbocycles. The zero-order valence-electron chi connectivity index (χ0n) is 31.3. The number of phosphoric acid groups is 1. The Morgan fingerprint density at radius 1 is 0.980 bits per heavy atom. The Bertz CT molecular complexity index is 1720. The Morgan fingerprint density at radius 3 is 2.06 bits per heavy atom. The van der Waals surface area contributed by atoms with Crippen LogP contribution in [0.4, 0.5) is 10.5 Å². The molecule has 4 N–H and O–H groups in total. The van der Waals surface area contributed by atoms with Crippen LogP contribution in [0.1, 0.15) is 55.6 Å². The number of nitrogen functional groups attached to an aromatic ring is 1. The molecule has 262 valence electrons. The minimum absolute atomic E-state index is 0. The van der Waals surface area contributed by atoms with Crippen molar-refractivity contribution in [3.8, 4) is 0 Å². The van der Waals surface area contributed by atoms with Gasteiger partial charge in [-0.15, -0.1) is 0 Å². The summed E-state index contributed by atoms with van der Waals surface area (Å²) in [5, 5.41) is 5.12. The standard InChI is InChI=1S/C33H45N4O9PS.Ca/c1-24(2)22-37(48(43,44)29-19-17-27(34)18-20-29)28(23-46-47(40,41)42)16-10-11-21-35-32(38)31(36-33(39)45-3)30(25-12-6-4-7-13-25)26-14-8-5-9-15-26;/h4-9,12-15,17-20,24,28,30-31H,10-11,16,21-23,34H2,1-3H3,(H,35,38)(H,36,39)(H2,40,41,42);/q;+2/p-2/t28-,31-;/m0./s1/i3D3,22D;/t22?,28-,31-;. The number of benzene rings is 3. The van der Waals surface area contributed by atoms with E-state index in [1.807, 2.05) is 0 Å². The zero-order valence-corrected chi connectivity index (χ0v) is 31.2. The van der Waals surface area contributed by atoms with Crippen LogP contribution in [0.15, 0.2) is 89.8 Å². The number of phosphoric ester groups is 1. The van der Waals surface area contributed by atoms with Gasteiger partial charge in [0.2, 0.25) is 15.9 Å². The smallest absolute Gasteiger partial charge is 0.790 e. The van der Waals surface area contributed by atoms with E-state index in [4.69, 9.17) is 11.2 Å². The number of anilines is 1. The molecule has 0 aliphatic rings. The zero-order chi connectivity index (χ0) is 38.7. The molecule has 0 aromatic heterocycles. The third-order valence-corrected chi connectivity index (χ3v) is 9.56. The van der Waals surface area contributed by atoms with E-state index in [1.165, 1.54) is 24.3 Å². The van der Waals surface area contributed by atoms with Gasteiger partial charge in [0, 0.05) is 32.1 Å². The third-order valence-electron chi connectivity index (χ3n) is 7.25. The van der Waals surface area contributed by atoms with Gasteiger partial charge in [-0.1, -0.05) is 80.9 Å². The average Bonchev–Trinajstić information content (AvgIpc) is 3.06. The monoisotopic (exact) mass is 746 g/mol. The minimum atomic E-state index is -5.53. The molecular weight excluding hydrogens is 700 g/mol. The molecule has 3 aromatic rings. The molecule has 13 nitrogen and oxygen atoms in total. The van der Waals surface area contributed by atoms with Crippen LogP contribution >= 0.6 is 7.82 Å².